The van der Waals surface area contributed by atoms with Crippen molar-refractivity contribution in [3.05, 3.63) is 12.2 Å². The van der Waals surface area contributed by atoms with Crippen LogP contribution in [0.1, 0.15) is 40.0 Å². The quantitative estimate of drug-likeness (QED) is 0.710. The maximum Gasteiger partial charge on any atom is 0.0914 e. The van der Waals surface area contributed by atoms with E-state index >= 15 is 0 Å². The molecule has 15 heavy (non-hydrogen) atoms. The maximum absolute atomic E-state index is 10.3. The Kier molecular flexibility index (Phi) is 2.29. The van der Waals surface area contributed by atoms with E-state index in [-0.39, 0.29) is 16.9 Å². The molecule has 0 aromatic carbocycles. The average molecular weight is 210 g/mol. The summed E-state index contributed by atoms with van der Waals surface area (Å²) in [5.74, 6) is 0.207. The zero-order chi connectivity index (χ0) is 11.3. The second-order valence-electron chi connectivity index (χ2n) is 6.06. The van der Waals surface area contributed by atoms with Gasteiger partial charge in [0.25, 0.3) is 0 Å². The Morgan fingerprint density at radius 2 is 2.00 bits per heavy atom. The molecule has 1 fully saturated rings. The fourth-order valence-electron chi connectivity index (χ4n) is 3.25. The summed E-state index contributed by atoms with van der Waals surface area (Å²) in [6, 6.07) is 0. The van der Waals surface area contributed by atoms with Gasteiger partial charge in [-0.25, -0.2) is 0 Å². The number of fused-ring (bicyclic) bond motifs is 2. The molecule has 3 atom stereocenters. The van der Waals surface area contributed by atoms with E-state index in [1.165, 1.54) is 6.42 Å². The lowest BCUT2D eigenvalue weighted by Crippen LogP contribution is -2.56. The zero-order valence-electron chi connectivity index (χ0n) is 10.2. The number of allylic oxidation sites excluding steroid dienone is 1. The van der Waals surface area contributed by atoms with Crippen LogP contribution in [0.15, 0.2) is 12.2 Å². The van der Waals surface area contributed by atoms with Gasteiger partial charge in [-0.2, -0.15) is 0 Å². The summed E-state index contributed by atoms with van der Waals surface area (Å²) in [5.41, 5.74) is -0.622. The molecule has 1 N–H and O–H groups in total. The molecule has 1 unspecified atom stereocenters. The van der Waals surface area contributed by atoms with Crippen LogP contribution in [0, 0.1) is 11.3 Å². The van der Waals surface area contributed by atoms with E-state index in [9.17, 15) is 5.11 Å². The number of ether oxygens (including phenoxy) is 1. The number of hydrogen-bond acceptors (Lipinski definition) is 2. The fraction of sp³-hybridized carbons (Fsp3) is 0.846. The van der Waals surface area contributed by atoms with Gasteiger partial charge in [-0.3, -0.25) is 0 Å². The summed E-state index contributed by atoms with van der Waals surface area (Å²) in [4.78, 5) is 0. The molecule has 0 amide bonds. The van der Waals surface area contributed by atoms with Crippen LogP contribution < -0.4 is 0 Å². The monoisotopic (exact) mass is 210 g/mol. The second kappa shape index (κ2) is 3.08. The number of aliphatic hydroxyl groups is 1. The van der Waals surface area contributed by atoms with Crippen LogP contribution in [-0.4, -0.2) is 23.4 Å². The van der Waals surface area contributed by atoms with Crippen molar-refractivity contribution < 1.29 is 9.84 Å². The van der Waals surface area contributed by atoms with E-state index in [0.29, 0.717) is 0 Å². The SMILES string of the molecule is CO[C@]12C=C[C@](C)(CC1)CC2C(C)(C)O. The highest BCUT2D eigenvalue weighted by atomic mass is 16.5. The van der Waals surface area contributed by atoms with Gasteiger partial charge in [0, 0.05) is 13.0 Å². The van der Waals surface area contributed by atoms with Gasteiger partial charge in [-0.05, 0) is 38.5 Å². The van der Waals surface area contributed by atoms with Gasteiger partial charge in [0.15, 0.2) is 0 Å². The largest absolute Gasteiger partial charge is 0.390 e. The van der Waals surface area contributed by atoms with Crippen molar-refractivity contribution in [3.63, 3.8) is 0 Å². The van der Waals surface area contributed by atoms with Gasteiger partial charge in [0.05, 0.1) is 11.2 Å². The maximum atomic E-state index is 10.3. The molecule has 0 aromatic rings. The molecule has 0 aliphatic heterocycles. The van der Waals surface area contributed by atoms with Crippen LogP contribution in [0.4, 0.5) is 0 Å². The van der Waals surface area contributed by atoms with Gasteiger partial charge in [-0.1, -0.05) is 19.1 Å². The van der Waals surface area contributed by atoms with Gasteiger partial charge < -0.3 is 9.84 Å². The van der Waals surface area contributed by atoms with E-state index in [0.717, 1.165) is 12.8 Å². The van der Waals surface area contributed by atoms with E-state index in [2.05, 4.69) is 19.1 Å². The first-order valence-corrected chi connectivity index (χ1v) is 5.79. The molecule has 2 bridgehead atoms. The van der Waals surface area contributed by atoms with E-state index in [4.69, 9.17) is 4.74 Å². The first kappa shape index (κ1) is 11.2. The highest BCUT2D eigenvalue weighted by Crippen LogP contribution is 2.55. The van der Waals surface area contributed by atoms with Gasteiger partial charge >= 0.3 is 0 Å². The first-order valence-electron chi connectivity index (χ1n) is 5.79. The molecule has 2 heteroatoms. The Hall–Kier alpha value is -0.340. The Bertz CT molecular complexity index is 289. The van der Waals surface area contributed by atoms with Crippen molar-refractivity contribution in [1.82, 2.24) is 0 Å². The minimum absolute atomic E-state index is 0.207. The Morgan fingerprint density at radius 3 is 2.40 bits per heavy atom. The molecule has 0 aromatic heterocycles. The highest BCUT2D eigenvalue weighted by molar-refractivity contribution is 5.23. The van der Waals surface area contributed by atoms with Crippen molar-refractivity contribution in [1.29, 1.82) is 0 Å². The van der Waals surface area contributed by atoms with Crippen molar-refractivity contribution in [2.75, 3.05) is 7.11 Å². The molecule has 3 aliphatic carbocycles. The third-order valence-electron chi connectivity index (χ3n) is 4.35. The Morgan fingerprint density at radius 1 is 1.33 bits per heavy atom. The van der Waals surface area contributed by atoms with Crippen LogP contribution in [0.3, 0.4) is 0 Å². The molecule has 2 nitrogen and oxygen atoms in total. The standard InChI is InChI=1S/C13H22O2/c1-11(2,14)10-9-12(3)5-7-13(10,15-4)8-6-12/h5,7,10,14H,6,8-9H2,1-4H3/t10?,12-,13-/m1/s1. The fourth-order valence-corrected chi connectivity index (χ4v) is 3.25. The lowest BCUT2D eigenvalue weighted by atomic mass is 9.55. The molecular formula is C13H22O2. The predicted molar refractivity (Wildman–Crippen MR) is 60.6 cm³/mol. The summed E-state index contributed by atoms with van der Waals surface area (Å²) in [5, 5.41) is 10.3. The summed E-state index contributed by atoms with van der Waals surface area (Å²) in [6.45, 7) is 6.08. The predicted octanol–water partition coefficient (Wildman–Crippen LogP) is 2.52. The Balaban J connectivity index is 2.38. The first-order chi connectivity index (χ1) is 6.81. The van der Waals surface area contributed by atoms with Crippen LogP contribution in [0.5, 0.6) is 0 Å². The molecular weight excluding hydrogens is 188 g/mol. The second-order valence-corrected chi connectivity index (χ2v) is 6.06. The van der Waals surface area contributed by atoms with Crippen molar-refractivity contribution in [3.8, 4) is 0 Å². The zero-order valence-corrected chi connectivity index (χ0v) is 10.2. The van der Waals surface area contributed by atoms with E-state index in [1.807, 2.05) is 13.8 Å². The molecule has 1 saturated carbocycles. The van der Waals surface area contributed by atoms with Gasteiger partial charge in [0.1, 0.15) is 0 Å². The molecule has 0 radical (unpaired) electrons. The molecule has 0 heterocycles. The minimum atomic E-state index is -0.664. The summed E-state index contributed by atoms with van der Waals surface area (Å²) >= 11 is 0. The topological polar surface area (TPSA) is 29.5 Å². The summed E-state index contributed by atoms with van der Waals surface area (Å²) in [6.07, 6.45) is 7.70. The van der Waals surface area contributed by atoms with Crippen LogP contribution in [-0.2, 0) is 4.74 Å². The highest BCUT2D eigenvalue weighted by Gasteiger charge is 2.54. The number of methoxy groups -OCH3 is 1. The molecule has 3 aliphatic rings. The van der Waals surface area contributed by atoms with E-state index < -0.39 is 5.60 Å². The molecule has 0 saturated heterocycles. The third kappa shape index (κ3) is 1.64. The third-order valence-corrected chi connectivity index (χ3v) is 4.35. The lowest BCUT2D eigenvalue weighted by Gasteiger charge is -2.55. The van der Waals surface area contributed by atoms with Crippen LogP contribution >= 0.6 is 0 Å². The van der Waals surface area contributed by atoms with E-state index in [1.54, 1.807) is 7.11 Å². The molecule has 3 rings (SSSR count). The average Bonchev–Trinajstić information content (AvgIpc) is 2.17. The smallest absolute Gasteiger partial charge is 0.0914 e. The lowest BCUT2D eigenvalue weighted by molar-refractivity contribution is -0.148. The van der Waals surface area contributed by atoms with Crippen molar-refractivity contribution >= 4 is 0 Å². The number of rotatable bonds is 2. The summed E-state index contributed by atoms with van der Waals surface area (Å²) < 4.78 is 5.70. The molecule has 86 valence electrons. The van der Waals surface area contributed by atoms with Gasteiger partial charge in [-0.15, -0.1) is 0 Å². The van der Waals surface area contributed by atoms with Crippen molar-refractivity contribution in [2.45, 2.75) is 51.2 Å². The summed E-state index contributed by atoms with van der Waals surface area (Å²) in [7, 11) is 1.76. The minimum Gasteiger partial charge on any atom is -0.390 e. The van der Waals surface area contributed by atoms with Crippen molar-refractivity contribution in [2.24, 2.45) is 11.3 Å². The van der Waals surface area contributed by atoms with Crippen LogP contribution in [0.25, 0.3) is 0 Å². The Labute approximate surface area is 92.3 Å². The molecule has 0 spiro atoms. The number of hydrogen-bond donors (Lipinski definition) is 1. The normalized spacial score (nSPS) is 44.7. The van der Waals surface area contributed by atoms with Gasteiger partial charge in [0.2, 0.25) is 0 Å². The van der Waals surface area contributed by atoms with Crippen LogP contribution in [0.2, 0.25) is 0 Å².